The minimum Gasteiger partial charge on any atom is -0.480 e. The van der Waals surface area contributed by atoms with Crippen molar-refractivity contribution < 1.29 is 4.74 Å². The molecule has 1 N–H and O–H groups in total. The molecule has 2 unspecified atom stereocenters. The Kier molecular flexibility index (Phi) is 5.12. The van der Waals surface area contributed by atoms with Crippen LogP contribution in [0.3, 0.4) is 0 Å². The predicted octanol–water partition coefficient (Wildman–Crippen LogP) is 3.33. The molecule has 2 rings (SSSR count). The van der Waals surface area contributed by atoms with Gasteiger partial charge in [0.15, 0.2) is 0 Å². The van der Waals surface area contributed by atoms with Crippen LogP contribution in [0.5, 0.6) is 5.88 Å². The lowest BCUT2D eigenvalue weighted by Crippen LogP contribution is -2.29. The van der Waals surface area contributed by atoms with E-state index in [1.54, 1.807) is 13.3 Å². The van der Waals surface area contributed by atoms with Gasteiger partial charge in [0.1, 0.15) is 0 Å². The fraction of sp³-hybridized carbons (Fsp3) is 0.667. The fourth-order valence-corrected chi connectivity index (χ4v) is 3.42. The van der Waals surface area contributed by atoms with Gasteiger partial charge in [0.2, 0.25) is 11.8 Å². The Morgan fingerprint density at radius 3 is 3.06 bits per heavy atom. The van der Waals surface area contributed by atoms with Crippen molar-refractivity contribution in [2.45, 2.75) is 37.0 Å². The van der Waals surface area contributed by atoms with Crippen molar-refractivity contribution in [2.24, 2.45) is 0 Å². The van der Waals surface area contributed by atoms with E-state index in [-0.39, 0.29) is 0 Å². The van der Waals surface area contributed by atoms with Crippen LogP contribution in [0.4, 0.5) is 5.95 Å². The van der Waals surface area contributed by atoms with Crippen molar-refractivity contribution >= 4 is 33.6 Å². The summed E-state index contributed by atoms with van der Waals surface area (Å²) in [5.41, 5.74) is 0. The Balaban J connectivity index is 2.00. The van der Waals surface area contributed by atoms with Gasteiger partial charge in [0, 0.05) is 11.3 Å². The maximum absolute atomic E-state index is 5.17. The van der Waals surface area contributed by atoms with Gasteiger partial charge < -0.3 is 10.1 Å². The van der Waals surface area contributed by atoms with Gasteiger partial charge >= 0.3 is 0 Å². The molecule has 1 saturated carbocycles. The molecule has 0 bridgehead atoms. The Morgan fingerprint density at radius 1 is 1.50 bits per heavy atom. The molecule has 100 valence electrons. The highest BCUT2D eigenvalue weighted by Gasteiger charge is 2.21. The fourth-order valence-electron chi connectivity index (χ4n) is 2.24. The zero-order chi connectivity index (χ0) is 13.0. The molecule has 1 aliphatic carbocycles. The number of halogens is 1. The molecule has 18 heavy (non-hydrogen) atoms. The van der Waals surface area contributed by atoms with Crippen LogP contribution in [-0.2, 0) is 0 Å². The van der Waals surface area contributed by atoms with Crippen molar-refractivity contribution in [3.05, 3.63) is 10.7 Å². The summed E-state index contributed by atoms with van der Waals surface area (Å²) in [6.07, 6.45) is 8.89. The third-order valence-corrected chi connectivity index (χ3v) is 4.84. The molecule has 0 aliphatic heterocycles. The number of anilines is 1. The molecule has 1 heterocycles. The second-order valence-electron chi connectivity index (χ2n) is 4.42. The molecule has 0 aromatic carbocycles. The van der Waals surface area contributed by atoms with Crippen molar-refractivity contribution in [2.75, 3.05) is 18.7 Å². The molecule has 0 saturated heterocycles. The van der Waals surface area contributed by atoms with E-state index in [1.165, 1.54) is 25.7 Å². The maximum atomic E-state index is 5.17. The number of thioether (sulfide) groups is 1. The topological polar surface area (TPSA) is 47.0 Å². The monoisotopic (exact) mass is 331 g/mol. The smallest absolute Gasteiger partial charge is 0.232 e. The lowest BCUT2D eigenvalue weighted by atomic mass is 9.95. The van der Waals surface area contributed by atoms with Gasteiger partial charge in [-0.05, 0) is 41.4 Å². The van der Waals surface area contributed by atoms with E-state index < -0.39 is 0 Å². The summed E-state index contributed by atoms with van der Waals surface area (Å²) >= 11 is 5.31. The highest BCUT2D eigenvalue weighted by Crippen LogP contribution is 2.29. The van der Waals surface area contributed by atoms with Crippen molar-refractivity contribution in [1.82, 2.24) is 9.97 Å². The largest absolute Gasteiger partial charge is 0.480 e. The molecular formula is C12H18BrN3OS. The standard InChI is InChI=1S/C12H18BrN3OS/c1-17-11-10(13)7-14-12(16-11)15-8-4-3-5-9(6-8)18-2/h7-9H,3-6H2,1-2H3,(H,14,15,16). The summed E-state index contributed by atoms with van der Waals surface area (Å²) in [6, 6.07) is 0.474. The van der Waals surface area contributed by atoms with Crippen molar-refractivity contribution in [1.29, 1.82) is 0 Å². The van der Waals surface area contributed by atoms with Gasteiger partial charge in [-0.15, -0.1) is 0 Å². The first-order valence-corrected chi connectivity index (χ1v) is 8.17. The lowest BCUT2D eigenvalue weighted by Gasteiger charge is -2.28. The predicted molar refractivity (Wildman–Crippen MR) is 79.5 cm³/mol. The highest BCUT2D eigenvalue weighted by molar-refractivity contribution is 9.10. The van der Waals surface area contributed by atoms with E-state index in [9.17, 15) is 0 Å². The molecule has 4 nitrogen and oxygen atoms in total. The molecular weight excluding hydrogens is 314 g/mol. The zero-order valence-corrected chi connectivity index (χ0v) is 13.1. The van der Waals surface area contributed by atoms with E-state index in [2.05, 4.69) is 37.5 Å². The van der Waals surface area contributed by atoms with Crippen LogP contribution >= 0.6 is 27.7 Å². The summed E-state index contributed by atoms with van der Waals surface area (Å²) in [6.45, 7) is 0. The van der Waals surface area contributed by atoms with Crippen molar-refractivity contribution in [3.8, 4) is 5.88 Å². The van der Waals surface area contributed by atoms with E-state index >= 15 is 0 Å². The van der Waals surface area contributed by atoms with Gasteiger partial charge in [-0.2, -0.15) is 16.7 Å². The van der Waals surface area contributed by atoms with Crippen LogP contribution in [-0.4, -0.2) is 34.6 Å². The molecule has 1 aromatic rings. The molecule has 0 radical (unpaired) electrons. The molecule has 1 fully saturated rings. The highest BCUT2D eigenvalue weighted by atomic mass is 79.9. The average molecular weight is 332 g/mol. The third kappa shape index (κ3) is 3.51. The summed E-state index contributed by atoms with van der Waals surface area (Å²) in [5, 5.41) is 4.17. The molecule has 0 spiro atoms. The third-order valence-electron chi connectivity index (χ3n) is 3.20. The van der Waals surface area contributed by atoms with Gasteiger partial charge in [-0.1, -0.05) is 6.42 Å². The molecule has 0 amide bonds. The quantitative estimate of drug-likeness (QED) is 0.916. The zero-order valence-electron chi connectivity index (χ0n) is 10.6. The van der Waals surface area contributed by atoms with Crippen LogP contribution in [0, 0.1) is 0 Å². The minimum absolute atomic E-state index is 0.474. The molecule has 1 aliphatic rings. The van der Waals surface area contributed by atoms with Crippen LogP contribution in [0.1, 0.15) is 25.7 Å². The number of methoxy groups -OCH3 is 1. The van der Waals surface area contributed by atoms with Crippen LogP contribution in [0.25, 0.3) is 0 Å². The van der Waals surface area contributed by atoms with E-state index in [0.29, 0.717) is 17.9 Å². The van der Waals surface area contributed by atoms with Gasteiger partial charge in [0.25, 0.3) is 0 Å². The normalized spacial score (nSPS) is 23.7. The van der Waals surface area contributed by atoms with Crippen LogP contribution in [0.15, 0.2) is 10.7 Å². The molecule has 2 atom stereocenters. The van der Waals surface area contributed by atoms with Crippen LogP contribution < -0.4 is 10.1 Å². The first kappa shape index (κ1) is 13.9. The summed E-state index contributed by atoms with van der Waals surface area (Å²) in [4.78, 5) is 8.61. The number of hydrogen-bond donors (Lipinski definition) is 1. The van der Waals surface area contributed by atoms with Gasteiger partial charge in [0.05, 0.1) is 17.8 Å². The summed E-state index contributed by atoms with van der Waals surface area (Å²) in [5.74, 6) is 1.23. The SMILES string of the molecule is COc1nc(NC2CCCC(SC)C2)ncc1Br. The minimum atomic E-state index is 0.474. The number of aromatic nitrogens is 2. The van der Waals surface area contributed by atoms with Gasteiger partial charge in [-0.25, -0.2) is 4.98 Å². The summed E-state index contributed by atoms with van der Waals surface area (Å²) in [7, 11) is 1.61. The van der Waals surface area contributed by atoms with E-state index in [0.717, 1.165) is 9.72 Å². The Hall–Kier alpha value is -0.490. The van der Waals surface area contributed by atoms with E-state index in [1.807, 2.05) is 11.8 Å². The maximum Gasteiger partial charge on any atom is 0.232 e. The molecule has 6 heteroatoms. The summed E-state index contributed by atoms with van der Waals surface area (Å²) < 4.78 is 5.95. The average Bonchev–Trinajstić information content (AvgIpc) is 2.41. The Bertz CT molecular complexity index is 405. The number of nitrogens with one attached hydrogen (secondary N) is 1. The lowest BCUT2D eigenvalue weighted by molar-refractivity contribution is 0.393. The second-order valence-corrected chi connectivity index (χ2v) is 6.41. The first-order chi connectivity index (χ1) is 8.72. The Morgan fingerprint density at radius 2 is 2.33 bits per heavy atom. The number of ether oxygens (including phenoxy) is 1. The van der Waals surface area contributed by atoms with Crippen LogP contribution in [0.2, 0.25) is 0 Å². The van der Waals surface area contributed by atoms with E-state index in [4.69, 9.17) is 4.74 Å². The number of rotatable bonds is 4. The first-order valence-electron chi connectivity index (χ1n) is 6.08. The second kappa shape index (κ2) is 6.61. The number of hydrogen-bond acceptors (Lipinski definition) is 5. The van der Waals surface area contributed by atoms with Gasteiger partial charge in [-0.3, -0.25) is 0 Å². The molecule has 1 aromatic heterocycles. The van der Waals surface area contributed by atoms with Crippen molar-refractivity contribution in [3.63, 3.8) is 0 Å². The Labute approximate surface area is 120 Å². The number of nitrogens with zero attached hydrogens (tertiary/aromatic N) is 2.